The van der Waals surface area contributed by atoms with Crippen molar-refractivity contribution in [1.29, 1.82) is 5.26 Å². The summed E-state index contributed by atoms with van der Waals surface area (Å²) in [6.45, 7) is 1.52. The number of likely N-dealkylation sites (N-methyl/N-ethyl adjacent to an activating group) is 1. The molecule has 1 aromatic rings. The van der Waals surface area contributed by atoms with E-state index in [1.165, 1.54) is 19.2 Å². The molecule has 0 aliphatic rings. The molecule has 7 heteroatoms. The van der Waals surface area contributed by atoms with Gasteiger partial charge >= 0.3 is 5.97 Å². The molecule has 0 N–H and O–H groups in total. The third kappa shape index (κ3) is 4.05. The molecule has 0 atom stereocenters. The van der Waals surface area contributed by atoms with Crippen LogP contribution in [0.15, 0.2) is 29.2 Å². The minimum absolute atomic E-state index is 0.0750. The van der Waals surface area contributed by atoms with Crippen molar-refractivity contribution in [1.82, 2.24) is 4.31 Å². The zero-order valence-electron chi connectivity index (χ0n) is 11.4. The number of nitriles is 1. The summed E-state index contributed by atoms with van der Waals surface area (Å²) >= 11 is 0. The number of esters is 1. The second kappa shape index (κ2) is 7.03. The molecule has 0 fully saturated rings. The third-order valence-electron chi connectivity index (χ3n) is 2.57. The minimum atomic E-state index is -3.73. The normalized spacial score (nSPS) is 11.1. The second-order valence-electron chi connectivity index (χ2n) is 4.04. The lowest BCUT2D eigenvalue weighted by Gasteiger charge is -2.16. The van der Waals surface area contributed by atoms with E-state index in [1.54, 1.807) is 19.1 Å². The van der Waals surface area contributed by atoms with Gasteiger partial charge in [-0.2, -0.15) is 9.57 Å². The van der Waals surface area contributed by atoms with Gasteiger partial charge in [0.2, 0.25) is 10.0 Å². The van der Waals surface area contributed by atoms with Crippen LogP contribution < -0.4 is 0 Å². The molecule has 0 bridgehead atoms. The molecule has 0 radical (unpaired) electrons. The monoisotopic (exact) mass is 296 g/mol. The Balaban J connectivity index is 2.87. The molecular weight excluding hydrogens is 280 g/mol. The molecule has 0 saturated carbocycles. The van der Waals surface area contributed by atoms with E-state index in [0.29, 0.717) is 0 Å². The van der Waals surface area contributed by atoms with Crippen molar-refractivity contribution in [3.05, 3.63) is 29.8 Å². The summed E-state index contributed by atoms with van der Waals surface area (Å²) < 4.78 is 30.0. The number of benzene rings is 1. The van der Waals surface area contributed by atoms with Crippen molar-refractivity contribution >= 4 is 16.0 Å². The highest BCUT2D eigenvalue weighted by Gasteiger charge is 2.23. The second-order valence-corrected chi connectivity index (χ2v) is 6.09. The summed E-state index contributed by atoms with van der Waals surface area (Å²) in [5.41, 5.74) is 0.736. The van der Waals surface area contributed by atoms with Gasteiger partial charge in [-0.15, -0.1) is 0 Å². The highest BCUT2D eigenvalue weighted by Crippen LogP contribution is 2.15. The number of carbonyl (C=O) groups excluding carboxylic acids is 1. The minimum Gasteiger partial charge on any atom is -0.465 e. The largest absolute Gasteiger partial charge is 0.465 e. The van der Waals surface area contributed by atoms with Crippen molar-refractivity contribution in [3.63, 3.8) is 0 Å². The topological polar surface area (TPSA) is 87.5 Å². The maximum absolute atomic E-state index is 12.2. The Morgan fingerprint density at radius 1 is 1.35 bits per heavy atom. The number of ether oxygens (including phenoxy) is 1. The van der Waals surface area contributed by atoms with Gasteiger partial charge < -0.3 is 4.74 Å². The maximum atomic E-state index is 12.2. The summed E-state index contributed by atoms with van der Waals surface area (Å²) in [6.07, 6.45) is 0.221. The Morgan fingerprint density at radius 3 is 2.45 bits per heavy atom. The molecule has 0 unspecified atom stereocenters. The van der Waals surface area contributed by atoms with Crippen LogP contribution in [0, 0.1) is 11.3 Å². The lowest BCUT2D eigenvalue weighted by atomic mass is 10.2. The quantitative estimate of drug-likeness (QED) is 0.729. The first-order valence-electron chi connectivity index (χ1n) is 5.99. The van der Waals surface area contributed by atoms with E-state index >= 15 is 0 Å². The van der Waals surface area contributed by atoms with Gasteiger partial charge in [-0.1, -0.05) is 12.1 Å². The van der Waals surface area contributed by atoms with Crippen LogP contribution in [0.4, 0.5) is 0 Å². The SMILES string of the molecule is CCOC(=O)CN(C)S(=O)(=O)c1ccc(CC#N)cc1. The van der Waals surface area contributed by atoms with E-state index < -0.39 is 16.0 Å². The fraction of sp³-hybridized carbons (Fsp3) is 0.385. The first-order chi connectivity index (χ1) is 9.41. The fourth-order valence-electron chi connectivity index (χ4n) is 1.52. The van der Waals surface area contributed by atoms with Crippen molar-refractivity contribution in [2.75, 3.05) is 20.2 Å². The first-order valence-corrected chi connectivity index (χ1v) is 7.43. The van der Waals surface area contributed by atoms with Crippen LogP contribution in [0.1, 0.15) is 12.5 Å². The van der Waals surface area contributed by atoms with Crippen LogP contribution in [0.25, 0.3) is 0 Å². The predicted octanol–water partition coefficient (Wildman–Crippen LogP) is 0.936. The summed E-state index contributed by atoms with van der Waals surface area (Å²) in [6, 6.07) is 7.98. The molecule has 0 amide bonds. The summed E-state index contributed by atoms with van der Waals surface area (Å²) in [4.78, 5) is 11.4. The van der Waals surface area contributed by atoms with Gasteiger partial charge in [0.05, 0.1) is 24.0 Å². The predicted molar refractivity (Wildman–Crippen MR) is 72.2 cm³/mol. The summed E-state index contributed by atoms with van der Waals surface area (Å²) in [5, 5.41) is 8.56. The number of sulfonamides is 1. The Kier molecular flexibility index (Phi) is 5.67. The molecule has 0 aliphatic carbocycles. The Labute approximate surface area is 118 Å². The fourth-order valence-corrected chi connectivity index (χ4v) is 2.64. The van der Waals surface area contributed by atoms with Crippen LogP contribution in [0.2, 0.25) is 0 Å². The van der Waals surface area contributed by atoms with Crippen LogP contribution >= 0.6 is 0 Å². The zero-order chi connectivity index (χ0) is 15.2. The number of hydrogen-bond acceptors (Lipinski definition) is 5. The van der Waals surface area contributed by atoms with Crippen LogP contribution in [0.3, 0.4) is 0 Å². The van der Waals surface area contributed by atoms with Gasteiger partial charge in [0.25, 0.3) is 0 Å². The molecule has 6 nitrogen and oxygen atoms in total. The first kappa shape index (κ1) is 16.1. The Bertz CT molecular complexity index is 602. The molecule has 1 aromatic carbocycles. The standard InChI is InChI=1S/C13H16N2O4S/c1-3-19-13(16)10-15(2)20(17,18)12-6-4-11(5-7-12)8-9-14/h4-7H,3,8,10H2,1-2H3. The van der Waals surface area contributed by atoms with Crippen LogP contribution in [-0.2, 0) is 26.0 Å². The molecular formula is C13H16N2O4S. The van der Waals surface area contributed by atoms with Gasteiger partial charge in [0.15, 0.2) is 0 Å². The average Bonchev–Trinajstić information content (AvgIpc) is 2.40. The van der Waals surface area contributed by atoms with Gasteiger partial charge in [-0.3, -0.25) is 4.79 Å². The molecule has 20 heavy (non-hydrogen) atoms. The van der Waals surface area contributed by atoms with E-state index in [0.717, 1.165) is 9.87 Å². The Hall–Kier alpha value is -1.91. The molecule has 0 heterocycles. The highest BCUT2D eigenvalue weighted by molar-refractivity contribution is 7.89. The lowest BCUT2D eigenvalue weighted by Crippen LogP contribution is -2.33. The Morgan fingerprint density at radius 2 is 1.95 bits per heavy atom. The molecule has 0 saturated heterocycles. The van der Waals surface area contributed by atoms with Crippen LogP contribution in [-0.4, -0.2) is 38.9 Å². The van der Waals surface area contributed by atoms with E-state index in [4.69, 9.17) is 10.00 Å². The van der Waals surface area contributed by atoms with Crippen molar-refractivity contribution in [2.45, 2.75) is 18.2 Å². The van der Waals surface area contributed by atoms with Crippen molar-refractivity contribution in [2.24, 2.45) is 0 Å². The van der Waals surface area contributed by atoms with E-state index in [2.05, 4.69) is 0 Å². The third-order valence-corrected chi connectivity index (χ3v) is 4.39. The van der Waals surface area contributed by atoms with Crippen LogP contribution in [0.5, 0.6) is 0 Å². The molecule has 0 aliphatic heterocycles. The summed E-state index contributed by atoms with van der Waals surface area (Å²) in [5.74, 6) is -0.598. The van der Waals surface area contributed by atoms with Gasteiger partial charge in [0.1, 0.15) is 6.54 Å². The van der Waals surface area contributed by atoms with Crippen molar-refractivity contribution < 1.29 is 17.9 Å². The smallest absolute Gasteiger partial charge is 0.321 e. The molecule has 108 valence electrons. The molecule has 1 rings (SSSR count). The molecule has 0 spiro atoms. The maximum Gasteiger partial charge on any atom is 0.321 e. The average molecular weight is 296 g/mol. The number of rotatable bonds is 6. The highest BCUT2D eigenvalue weighted by atomic mass is 32.2. The zero-order valence-corrected chi connectivity index (χ0v) is 12.2. The lowest BCUT2D eigenvalue weighted by molar-refractivity contribution is -0.143. The van der Waals surface area contributed by atoms with Gasteiger partial charge in [-0.25, -0.2) is 8.42 Å². The molecule has 0 aromatic heterocycles. The van der Waals surface area contributed by atoms with E-state index in [9.17, 15) is 13.2 Å². The number of hydrogen-bond donors (Lipinski definition) is 0. The number of carbonyl (C=O) groups is 1. The van der Waals surface area contributed by atoms with E-state index in [-0.39, 0.29) is 24.5 Å². The van der Waals surface area contributed by atoms with E-state index in [1.807, 2.05) is 6.07 Å². The van der Waals surface area contributed by atoms with Gasteiger partial charge in [-0.05, 0) is 24.6 Å². The van der Waals surface area contributed by atoms with Crippen molar-refractivity contribution in [3.8, 4) is 6.07 Å². The summed E-state index contributed by atoms with van der Waals surface area (Å²) in [7, 11) is -2.42. The number of nitrogens with zero attached hydrogens (tertiary/aromatic N) is 2. The van der Waals surface area contributed by atoms with Gasteiger partial charge in [0, 0.05) is 7.05 Å².